The van der Waals surface area contributed by atoms with Gasteiger partial charge in [-0.05, 0) is 59.3 Å². The van der Waals surface area contributed by atoms with Crippen LogP contribution in [0, 0.1) is 0 Å². The third-order valence-electron chi connectivity index (χ3n) is 5.23. The van der Waals surface area contributed by atoms with Crippen LogP contribution in [0.15, 0.2) is 65.4 Å². The molecule has 1 aliphatic rings. The average Bonchev–Trinajstić information content (AvgIpc) is 2.79. The minimum atomic E-state index is 0.0332. The summed E-state index contributed by atoms with van der Waals surface area (Å²) in [5.41, 5.74) is 0.681. The Morgan fingerprint density at radius 3 is 2.52 bits per heavy atom. The Hall–Kier alpha value is -3.13. The fourth-order valence-corrected chi connectivity index (χ4v) is 4.03. The number of benzene rings is 2. The molecule has 4 rings (SSSR count). The lowest BCUT2D eigenvalue weighted by Gasteiger charge is -2.40. The first-order valence-corrected chi connectivity index (χ1v) is 10.8. The molecular weight excluding hydrogens is 460 g/mol. The number of carbonyl (C=O) groups excluding carboxylic acids is 1. The molecule has 2 aromatic carbocycles. The van der Waals surface area contributed by atoms with Crippen LogP contribution in [-0.2, 0) is 0 Å². The van der Waals surface area contributed by atoms with Crippen LogP contribution >= 0.6 is 15.9 Å². The molecule has 160 valence electrons. The summed E-state index contributed by atoms with van der Waals surface area (Å²) in [5.74, 6) is 2.71. The maximum atomic E-state index is 13.0. The second-order valence-electron chi connectivity index (χ2n) is 7.27. The number of nitrogens with zero attached hydrogens (tertiary/aromatic N) is 4. The number of aromatic nitrogens is 2. The van der Waals surface area contributed by atoms with Crippen LogP contribution in [0.1, 0.15) is 17.3 Å². The van der Waals surface area contributed by atoms with Crippen molar-refractivity contribution in [2.24, 2.45) is 0 Å². The predicted molar refractivity (Wildman–Crippen MR) is 122 cm³/mol. The molecule has 3 aromatic rings. The maximum Gasteiger partial charge on any atom is 0.255 e. The van der Waals surface area contributed by atoms with Crippen LogP contribution in [0.4, 0.5) is 5.82 Å². The summed E-state index contributed by atoms with van der Waals surface area (Å²) < 4.78 is 11.8. The predicted octanol–water partition coefficient (Wildman–Crippen LogP) is 4.39. The van der Waals surface area contributed by atoms with Gasteiger partial charge in [0.2, 0.25) is 5.88 Å². The van der Waals surface area contributed by atoms with Crippen LogP contribution in [0.3, 0.4) is 0 Å². The SMILES string of the molecule is COc1ccc(Oc2cc(N3CCN(C(=O)c4ccccc4Br)[C@@H](C)C3)ncn2)cc1. The first kappa shape index (κ1) is 21.1. The third-order valence-corrected chi connectivity index (χ3v) is 5.92. The third kappa shape index (κ3) is 4.80. The number of ether oxygens (including phenoxy) is 2. The number of amides is 1. The molecule has 1 amide bonds. The van der Waals surface area contributed by atoms with Crippen LogP contribution < -0.4 is 14.4 Å². The quantitative estimate of drug-likeness (QED) is 0.537. The summed E-state index contributed by atoms with van der Waals surface area (Å²) in [4.78, 5) is 25.7. The van der Waals surface area contributed by atoms with Crippen molar-refractivity contribution in [1.29, 1.82) is 0 Å². The van der Waals surface area contributed by atoms with Crippen molar-refractivity contribution in [3.8, 4) is 17.4 Å². The lowest BCUT2D eigenvalue weighted by atomic mass is 10.1. The monoisotopic (exact) mass is 482 g/mol. The van der Waals surface area contributed by atoms with E-state index in [9.17, 15) is 4.79 Å². The number of hydrogen-bond acceptors (Lipinski definition) is 6. The normalized spacial score (nSPS) is 16.2. The Morgan fingerprint density at radius 1 is 1.06 bits per heavy atom. The van der Waals surface area contributed by atoms with Gasteiger partial charge in [-0.15, -0.1) is 0 Å². The van der Waals surface area contributed by atoms with Crippen LogP contribution in [-0.4, -0.2) is 53.6 Å². The summed E-state index contributed by atoms with van der Waals surface area (Å²) in [6, 6.07) is 16.7. The highest BCUT2D eigenvalue weighted by Gasteiger charge is 2.29. The van der Waals surface area contributed by atoms with E-state index in [0.717, 1.165) is 16.0 Å². The molecule has 0 bridgehead atoms. The molecule has 8 heteroatoms. The summed E-state index contributed by atoms with van der Waals surface area (Å²) >= 11 is 3.48. The Balaban J connectivity index is 1.43. The van der Waals surface area contributed by atoms with Gasteiger partial charge in [-0.2, -0.15) is 0 Å². The fraction of sp³-hybridized carbons (Fsp3) is 0.261. The number of rotatable bonds is 5. The number of hydrogen-bond donors (Lipinski definition) is 0. The van der Waals surface area contributed by atoms with Crippen molar-refractivity contribution < 1.29 is 14.3 Å². The molecule has 0 spiro atoms. The van der Waals surface area contributed by atoms with Crippen molar-refractivity contribution in [3.05, 3.63) is 71.0 Å². The molecule has 0 radical (unpaired) electrons. The van der Waals surface area contributed by atoms with E-state index < -0.39 is 0 Å². The molecule has 0 aliphatic carbocycles. The van der Waals surface area contributed by atoms with E-state index in [1.54, 1.807) is 7.11 Å². The van der Waals surface area contributed by atoms with Gasteiger partial charge >= 0.3 is 0 Å². The van der Waals surface area contributed by atoms with E-state index in [-0.39, 0.29) is 11.9 Å². The lowest BCUT2D eigenvalue weighted by Crippen LogP contribution is -2.54. The van der Waals surface area contributed by atoms with Crippen molar-refractivity contribution in [2.75, 3.05) is 31.6 Å². The summed E-state index contributed by atoms with van der Waals surface area (Å²) in [5, 5.41) is 0. The fourth-order valence-electron chi connectivity index (χ4n) is 3.58. The zero-order valence-electron chi connectivity index (χ0n) is 17.4. The highest BCUT2D eigenvalue weighted by atomic mass is 79.9. The van der Waals surface area contributed by atoms with Gasteiger partial charge in [-0.1, -0.05) is 12.1 Å². The van der Waals surface area contributed by atoms with Gasteiger partial charge in [0.1, 0.15) is 23.6 Å². The minimum absolute atomic E-state index is 0.0332. The highest BCUT2D eigenvalue weighted by molar-refractivity contribution is 9.10. The number of piperazine rings is 1. The number of halogens is 1. The summed E-state index contributed by atoms with van der Waals surface area (Å²) in [6.45, 7) is 4.02. The highest BCUT2D eigenvalue weighted by Crippen LogP contribution is 2.26. The van der Waals surface area contributed by atoms with Gasteiger partial charge < -0.3 is 19.3 Å². The largest absolute Gasteiger partial charge is 0.497 e. The van der Waals surface area contributed by atoms with E-state index >= 15 is 0 Å². The van der Waals surface area contributed by atoms with E-state index in [1.807, 2.05) is 59.5 Å². The smallest absolute Gasteiger partial charge is 0.255 e. The van der Waals surface area contributed by atoms with E-state index in [0.29, 0.717) is 36.8 Å². The zero-order valence-corrected chi connectivity index (χ0v) is 18.9. The first-order chi connectivity index (χ1) is 15.0. The molecule has 2 heterocycles. The molecular formula is C23H23BrN4O3. The molecule has 1 aliphatic heterocycles. The Kier molecular flexibility index (Phi) is 6.36. The van der Waals surface area contributed by atoms with Crippen molar-refractivity contribution in [1.82, 2.24) is 14.9 Å². The van der Waals surface area contributed by atoms with Crippen molar-refractivity contribution >= 4 is 27.7 Å². The number of carbonyl (C=O) groups is 1. The number of anilines is 1. The summed E-state index contributed by atoms with van der Waals surface area (Å²) in [7, 11) is 1.62. The van der Waals surface area contributed by atoms with E-state index in [1.165, 1.54) is 6.33 Å². The zero-order chi connectivity index (χ0) is 21.8. The molecule has 31 heavy (non-hydrogen) atoms. The number of methoxy groups -OCH3 is 1. The van der Waals surface area contributed by atoms with Gasteiger partial charge in [-0.3, -0.25) is 4.79 Å². The standard InChI is InChI=1S/C23H23BrN4O3/c1-16-14-27(11-12-28(16)23(29)19-5-3-4-6-20(19)24)21-13-22(26-15-25-21)31-18-9-7-17(30-2)8-10-18/h3-10,13,15-16H,11-12,14H2,1-2H3/t16-/m0/s1. The Morgan fingerprint density at radius 2 is 1.81 bits per heavy atom. The second kappa shape index (κ2) is 9.34. The van der Waals surface area contributed by atoms with Crippen LogP contribution in [0.25, 0.3) is 0 Å². The van der Waals surface area contributed by atoms with E-state index in [2.05, 4.69) is 37.7 Å². The van der Waals surface area contributed by atoms with Gasteiger partial charge in [0.05, 0.1) is 12.7 Å². The molecule has 0 N–H and O–H groups in total. The second-order valence-corrected chi connectivity index (χ2v) is 8.12. The molecule has 0 saturated carbocycles. The van der Waals surface area contributed by atoms with Crippen LogP contribution in [0.5, 0.6) is 17.4 Å². The molecule has 1 fully saturated rings. The van der Waals surface area contributed by atoms with Crippen molar-refractivity contribution in [3.63, 3.8) is 0 Å². The lowest BCUT2D eigenvalue weighted by molar-refractivity contribution is 0.0672. The molecule has 7 nitrogen and oxygen atoms in total. The van der Waals surface area contributed by atoms with Gasteiger partial charge in [-0.25, -0.2) is 9.97 Å². The Labute approximate surface area is 189 Å². The summed E-state index contributed by atoms with van der Waals surface area (Å²) in [6.07, 6.45) is 1.50. The molecule has 1 atom stereocenters. The van der Waals surface area contributed by atoms with Crippen molar-refractivity contribution in [2.45, 2.75) is 13.0 Å². The van der Waals surface area contributed by atoms with E-state index in [4.69, 9.17) is 9.47 Å². The molecule has 1 aromatic heterocycles. The maximum absolute atomic E-state index is 13.0. The molecule has 1 saturated heterocycles. The average molecular weight is 483 g/mol. The van der Waals surface area contributed by atoms with Gasteiger partial charge in [0.25, 0.3) is 5.91 Å². The Bertz CT molecular complexity index is 1060. The molecule has 0 unspecified atom stereocenters. The minimum Gasteiger partial charge on any atom is -0.497 e. The van der Waals surface area contributed by atoms with Gasteiger partial charge in [0, 0.05) is 36.2 Å². The van der Waals surface area contributed by atoms with Crippen LogP contribution in [0.2, 0.25) is 0 Å². The topological polar surface area (TPSA) is 67.8 Å². The first-order valence-electron chi connectivity index (χ1n) is 9.99. The van der Waals surface area contributed by atoms with Gasteiger partial charge in [0.15, 0.2) is 0 Å².